The molecule has 4 nitrogen and oxygen atoms in total. The maximum absolute atomic E-state index is 13.7. The summed E-state index contributed by atoms with van der Waals surface area (Å²) in [7, 11) is 0. The van der Waals surface area contributed by atoms with Crippen molar-refractivity contribution in [1.82, 2.24) is 10.2 Å². The average Bonchev–Trinajstić information content (AvgIpc) is 3.05. The van der Waals surface area contributed by atoms with Crippen LogP contribution < -0.4 is 5.32 Å². The lowest BCUT2D eigenvalue weighted by Crippen LogP contribution is -2.37. The van der Waals surface area contributed by atoms with E-state index in [9.17, 15) is 14.3 Å². The highest BCUT2D eigenvalue weighted by Crippen LogP contribution is 2.25. The summed E-state index contributed by atoms with van der Waals surface area (Å²) in [5.41, 5.74) is 1.78. The Kier molecular flexibility index (Phi) is 6.07. The molecule has 25 heavy (non-hydrogen) atoms. The van der Waals surface area contributed by atoms with Gasteiger partial charge in [-0.05, 0) is 68.7 Å². The molecule has 3 rings (SSSR count). The fraction of sp³-hybridized carbons (Fsp3) is 0.650. The molecule has 2 aliphatic rings. The normalized spacial score (nSPS) is 27.4. The Balaban J connectivity index is 1.42. The van der Waals surface area contributed by atoms with Gasteiger partial charge in [-0.15, -0.1) is 0 Å². The summed E-state index contributed by atoms with van der Waals surface area (Å²) in [5, 5.41) is 12.6. The Bertz CT molecular complexity index is 599. The van der Waals surface area contributed by atoms with E-state index in [1.807, 2.05) is 13.0 Å². The van der Waals surface area contributed by atoms with Crippen LogP contribution in [0.2, 0.25) is 0 Å². The van der Waals surface area contributed by atoms with Crippen molar-refractivity contribution in [2.75, 3.05) is 19.6 Å². The van der Waals surface area contributed by atoms with Crippen LogP contribution >= 0.6 is 0 Å². The molecule has 0 radical (unpaired) electrons. The van der Waals surface area contributed by atoms with Gasteiger partial charge in [-0.1, -0.05) is 12.1 Å². The predicted octanol–water partition coefficient (Wildman–Crippen LogP) is 2.62. The topological polar surface area (TPSA) is 52.6 Å². The van der Waals surface area contributed by atoms with Gasteiger partial charge >= 0.3 is 0 Å². The number of carbonyl (C=O) groups is 1. The zero-order valence-corrected chi connectivity index (χ0v) is 15.0. The van der Waals surface area contributed by atoms with Gasteiger partial charge in [-0.25, -0.2) is 4.39 Å². The number of carbonyl (C=O) groups excluding carboxylic acids is 1. The maximum Gasteiger partial charge on any atom is 0.223 e. The SMILES string of the molecule is Cc1c(F)cccc1CN1CC[C@@H](CNC(=O)C2CCC(O)CC2)C1. The van der Waals surface area contributed by atoms with E-state index >= 15 is 0 Å². The minimum absolute atomic E-state index is 0.0656. The van der Waals surface area contributed by atoms with Gasteiger partial charge in [0.15, 0.2) is 0 Å². The molecule has 0 spiro atoms. The number of nitrogens with one attached hydrogen (secondary N) is 1. The van der Waals surface area contributed by atoms with Crippen molar-refractivity contribution in [2.24, 2.45) is 11.8 Å². The molecule has 1 heterocycles. The Labute approximate surface area is 149 Å². The van der Waals surface area contributed by atoms with Crippen molar-refractivity contribution in [3.8, 4) is 0 Å². The van der Waals surface area contributed by atoms with Crippen LogP contribution in [0.3, 0.4) is 0 Å². The summed E-state index contributed by atoms with van der Waals surface area (Å²) in [6.07, 6.45) is 3.91. The lowest BCUT2D eigenvalue weighted by molar-refractivity contribution is -0.126. The summed E-state index contributed by atoms with van der Waals surface area (Å²) in [6, 6.07) is 5.27. The highest BCUT2D eigenvalue weighted by Gasteiger charge is 2.27. The molecule has 2 fully saturated rings. The molecule has 138 valence electrons. The number of halogens is 1. The fourth-order valence-corrected chi connectivity index (χ4v) is 4.01. The van der Waals surface area contributed by atoms with E-state index in [0.29, 0.717) is 5.92 Å². The highest BCUT2D eigenvalue weighted by atomic mass is 19.1. The van der Waals surface area contributed by atoms with Gasteiger partial charge in [0, 0.05) is 25.6 Å². The molecule has 0 aromatic heterocycles. The lowest BCUT2D eigenvalue weighted by atomic mass is 9.87. The van der Waals surface area contributed by atoms with Crippen LogP contribution in [0.4, 0.5) is 4.39 Å². The van der Waals surface area contributed by atoms with E-state index < -0.39 is 0 Å². The van der Waals surface area contributed by atoms with E-state index in [-0.39, 0.29) is 23.7 Å². The molecule has 1 saturated carbocycles. The summed E-state index contributed by atoms with van der Waals surface area (Å²) in [5.74, 6) is 0.535. The molecule has 2 N–H and O–H groups in total. The minimum Gasteiger partial charge on any atom is -0.393 e. The molecule has 1 atom stereocenters. The van der Waals surface area contributed by atoms with Crippen LogP contribution in [0.5, 0.6) is 0 Å². The van der Waals surface area contributed by atoms with Crippen molar-refractivity contribution < 1.29 is 14.3 Å². The second-order valence-corrected chi connectivity index (χ2v) is 7.66. The van der Waals surface area contributed by atoms with Gasteiger partial charge < -0.3 is 10.4 Å². The quantitative estimate of drug-likeness (QED) is 0.860. The molecular formula is C20H29FN2O2. The first-order valence-electron chi connectivity index (χ1n) is 9.45. The molecule has 1 aliphatic heterocycles. The van der Waals surface area contributed by atoms with Crippen molar-refractivity contribution in [3.05, 3.63) is 35.1 Å². The van der Waals surface area contributed by atoms with E-state index in [0.717, 1.165) is 69.4 Å². The number of amides is 1. The van der Waals surface area contributed by atoms with Crippen LogP contribution in [-0.4, -0.2) is 41.7 Å². The van der Waals surface area contributed by atoms with Gasteiger partial charge in [-0.3, -0.25) is 9.69 Å². The number of rotatable bonds is 5. The van der Waals surface area contributed by atoms with E-state index in [1.54, 1.807) is 6.07 Å². The molecule has 1 amide bonds. The minimum atomic E-state index is -0.223. The number of aliphatic hydroxyl groups is 1. The van der Waals surface area contributed by atoms with Crippen LogP contribution in [-0.2, 0) is 11.3 Å². The zero-order valence-electron chi connectivity index (χ0n) is 15.0. The second kappa shape index (κ2) is 8.28. The fourth-order valence-electron chi connectivity index (χ4n) is 4.01. The third-order valence-electron chi connectivity index (χ3n) is 5.78. The number of benzene rings is 1. The Morgan fingerprint density at radius 1 is 1.28 bits per heavy atom. The monoisotopic (exact) mass is 348 g/mol. The third kappa shape index (κ3) is 4.79. The first-order valence-corrected chi connectivity index (χ1v) is 9.45. The van der Waals surface area contributed by atoms with Crippen molar-refractivity contribution in [3.63, 3.8) is 0 Å². The Morgan fingerprint density at radius 2 is 2.04 bits per heavy atom. The molecule has 0 bridgehead atoms. The number of nitrogens with zero attached hydrogens (tertiary/aromatic N) is 1. The van der Waals surface area contributed by atoms with E-state index in [2.05, 4.69) is 10.2 Å². The number of hydrogen-bond donors (Lipinski definition) is 2. The summed E-state index contributed by atoms with van der Waals surface area (Å²) in [6.45, 7) is 5.26. The first-order chi connectivity index (χ1) is 12.0. The molecule has 1 aromatic rings. The average molecular weight is 348 g/mol. The summed E-state index contributed by atoms with van der Waals surface area (Å²) in [4.78, 5) is 14.6. The molecule has 1 aliphatic carbocycles. The van der Waals surface area contributed by atoms with Gasteiger partial charge in [0.2, 0.25) is 5.91 Å². The van der Waals surface area contributed by atoms with Crippen molar-refractivity contribution in [1.29, 1.82) is 0 Å². The Hall–Kier alpha value is -1.46. The Morgan fingerprint density at radius 3 is 2.80 bits per heavy atom. The van der Waals surface area contributed by atoms with Gasteiger partial charge in [0.05, 0.1) is 6.10 Å². The van der Waals surface area contributed by atoms with E-state index in [4.69, 9.17) is 0 Å². The van der Waals surface area contributed by atoms with Gasteiger partial charge in [0.25, 0.3) is 0 Å². The van der Waals surface area contributed by atoms with Crippen LogP contribution in [0.15, 0.2) is 18.2 Å². The van der Waals surface area contributed by atoms with Gasteiger partial charge in [0.1, 0.15) is 5.82 Å². The van der Waals surface area contributed by atoms with Crippen LogP contribution in [0.1, 0.15) is 43.2 Å². The van der Waals surface area contributed by atoms with Crippen LogP contribution in [0, 0.1) is 24.6 Å². The summed E-state index contributed by atoms with van der Waals surface area (Å²) < 4.78 is 13.7. The van der Waals surface area contributed by atoms with Crippen molar-refractivity contribution in [2.45, 2.75) is 51.7 Å². The number of hydrogen-bond acceptors (Lipinski definition) is 3. The lowest BCUT2D eigenvalue weighted by Gasteiger charge is -2.25. The van der Waals surface area contributed by atoms with Crippen molar-refractivity contribution >= 4 is 5.91 Å². The second-order valence-electron chi connectivity index (χ2n) is 7.66. The smallest absolute Gasteiger partial charge is 0.223 e. The van der Waals surface area contributed by atoms with Gasteiger partial charge in [-0.2, -0.15) is 0 Å². The number of aliphatic hydroxyl groups excluding tert-OH is 1. The maximum atomic E-state index is 13.7. The highest BCUT2D eigenvalue weighted by molar-refractivity contribution is 5.78. The number of likely N-dealkylation sites (tertiary alicyclic amines) is 1. The zero-order chi connectivity index (χ0) is 17.8. The molecule has 5 heteroatoms. The molecule has 0 unspecified atom stereocenters. The molecule has 1 saturated heterocycles. The summed E-state index contributed by atoms with van der Waals surface area (Å²) >= 11 is 0. The third-order valence-corrected chi connectivity index (χ3v) is 5.78. The first kappa shape index (κ1) is 18.3. The predicted molar refractivity (Wildman–Crippen MR) is 95.5 cm³/mol. The van der Waals surface area contributed by atoms with Crippen LogP contribution in [0.25, 0.3) is 0 Å². The standard InChI is InChI=1S/C20H29FN2O2/c1-14-17(3-2-4-19(14)21)13-23-10-9-15(12-23)11-22-20(25)16-5-7-18(24)8-6-16/h2-4,15-16,18,24H,5-13H2,1H3,(H,22,25)/t15-,16?,18?/m0/s1. The molecular weight excluding hydrogens is 319 g/mol. The van der Waals surface area contributed by atoms with E-state index in [1.165, 1.54) is 6.07 Å². The largest absolute Gasteiger partial charge is 0.393 e. The molecule has 1 aromatic carbocycles.